The fourth-order valence-electron chi connectivity index (χ4n) is 1.57. The number of nitrogens with zero attached hydrogens (tertiary/aromatic N) is 2. The average molecular weight is 174 g/mol. The Bertz CT molecular complexity index is 403. The van der Waals surface area contributed by atoms with Crippen molar-refractivity contribution in [2.45, 2.75) is 26.3 Å². The Kier molecular flexibility index (Phi) is 2.05. The molecule has 0 saturated heterocycles. The van der Waals surface area contributed by atoms with Crippen LogP contribution in [0.1, 0.15) is 26.3 Å². The number of hydrogen-bond acceptors (Lipinski definition) is 1. The van der Waals surface area contributed by atoms with Crippen LogP contribution in [0.2, 0.25) is 0 Å². The maximum Gasteiger partial charge on any atom is 0.0880 e. The van der Waals surface area contributed by atoms with Crippen molar-refractivity contribution in [2.75, 3.05) is 0 Å². The van der Waals surface area contributed by atoms with Gasteiger partial charge in [0.05, 0.1) is 11.0 Å². The van der Waals surface area contributed by atoms with E-state index in [0.717, 1.165) is 11.9 Å². The quantitative estimate of drug-likeness (QED) is 0.684. The second-order valence-corrected chi connectivity index (χ2v) is 3.39. The number of aromatic nitrogens is 2. The van der Waals surface area contributed by atoms with Crippen molar-refractivity contribution >= 4 is 11.0 Å². The molecule has 0 fully saturated rings. The van der Waals surface area contributed by atoms with Crippen molar-refractivity contribution in [1.29, 1.82) is 0 Å². The van der Waals surface area contributed by atoms with Crippen molar-refractivity contribution in [2.24, 2.45) is 0 Å². The Labute approximate surface area is 78.2 Å². The van der Waals surface area contributed by atoms with Crippen molar-refractivity contribution in [3.63, 3.8) is 0 Å². The first kappa shape index (κ1) is 8.30. The van der Waals surface area contributed by atoms with E-state index in [1.54, 1.807) is 0 Å². The van der Waals surface area contributed by atoms with Gasteiger partial charge < -0.3 is 4.57 Å². The summed E-state index contributed by atoms with van der Waals surface area (Å²) in [5.74, 6) is 0. The van der Waals surface area contributed by atoms with Crippen LogP contribution in [0.5, 0.6) is 0 Å². The van der Waals surface area contributed by atoms with Gasteiger partial charge in [0, 0.05) is 18.4 Å². The summed E-state index contributed by atoms with van der Waals surface area (Å²) in [5, 5.41) is 0. The molecule has 2 aromatic rings. The third-order valence-electron chi connectivity index (χ3n) is 2.55. The maximum atomic E-state index is 4.30. The molecule has 0 N–H and O–H groups in total. The Morgan fingerprint density at radius 3 is 3.08 bits per heavy atom. The SMILES string of the molecule is CCC(C)n1ccc2ncccc21. The van der Waals surface area contributed by atoms with Crippen LogP contribution in [0, 0.1) is 0 Å². The second-order valence-electron chi connectivity index (χ2n) is 3.39. The molecule has 68 valence electrons. The van der Waals surface area contributed by atoms with E-state index in [2.05, 4.69) is 41.7 Å². The van der Waals surface area contributed by atoms with Crippen molar-refractivity contribution in [3.05, 3.63) is 30.6 Å². The summed E-state index contributed by atoms with van der Waals surface area (Å²) in [5.41, 5.74) is 2.32. The molecule has 0 aliphatic carbocycles. The van der Waals surface area contributed by atoms with Crippen molar-refractivity contribution < 1.29 is 0 Å². The Balaban J connectivity index is 2.57. The van der Waals surface area contributed by atoms with E-state index in [4.69, 9.17) is 0 Å². The van der Waals surface area contributed by atoms with Crippen LogP contribution in [-0.2, 0) is 0 Å². The predicted molar refractivity (Wildman–Crippen MR) is 54.7 cm³/mol. The van der Waals surface area contributed by atoms with Crippen LogP contribution >= 0.6 is 0 Å². The zero-order chi connectivity index (χ0) is 9.26. The Hall–Kier alpha value is -1.31. The number of rotatable bonds is 2. The van der Waals surface area contributed by atoms with E-state index in [9.17, 15) is 0 Å². The fourth-order valence-corrected chi connectivity index (χ4v) is 1.57. The monoisotopic (exact) mass is 174 g/mol. The topological polar surface area (TPSA) is 17.8 Å². The molecule has 2 nitrogen and oxygen atoms in total. The first-order chi connectivity index (χ1) is 6.33. The van der Waals surface area contributed by atoms with Gasteiger partial charge in [-0.3, -0.25) is 4.98 Å². The van der Waals surface area contributed by atoms with Gasteiger partial charge in [-0.15, -0.1) is 0 Å². The fraction of sp³-hybridized carbons (Fsp3) is 0.364. The molecule has 0 aliphatic heterocycles. The smallest absolute Gasteiger partial charge is 0.0880 e. The predicted octanol–water partition coefficient (Wildman–Crippen LogP) is 3.01. The summed E-state index contributed by atoms with van der Waals surface area (Å²) >= 11 is 0. The minimum absolute atomic E-state index is 0.557. The third kappa shape index (κ3) is 1.32. The Morgan fingerprint density at radius 2 is 2.31 bits per heavy atom. The second kappa shape index (κ2) is 3.21. The van der Waals surface area contributed by atoms with E-state index in [-0.39, 0.29) is 0 Å². The molecule has 0 saturated carbocycles. The largest absolute Gasteiger partial charge is 0.343 e. The molecular formula is C11H14N2. The molecular weight excluding hydrogens is 160 g/mol. The van der Waals surface area contributed by atoms with Crippen LogP contribution in [0.25, 0.3) is 11.0 Å². The van der Waals surface area contributed by atoms with Gasteiger partial charge in [-0.2, -0.15) is 0 Å². The molecule has 2 aromatic heterocycles. The molecule has 1 unspecified atom stereocenters. The molecule has 0 aromatic carbocycles. The highest BCUT2D eigenvalue weighted by atomic mass is 15.0. The number of pyridine rings is 1. The van der Waals surface area contributed by atoms with E-state index in [1.165, 1.54) is 5.52 Å². The lowest BCUT2D eigenvalue weighted by Gasteiger charge is -2.11. The molecule has 0 radical (unpaired) electrons. The van der Waals surface area contributed by atoms with Crippen LogP contribution in [0.3, 0.4) is 0 Å². The molecule has 13 heavy (non-hydrogen) atoms. The first-order valence-corrected chi connectivity index (χ1v) is 4.74. The minimum Gasteiger partial charge on any atom is -0.343 e. The lowest BCUT2D eigenvalue weighted by molar-refractivity contribution is 0.548. The van der Waals surface area contributed by atoms with E-state index >= 15 is 0 Å². The van der Waals surface area contributed by atoms with Crippen LogP contribution < -0.4 is 0 Å². The summed E-state index contributed by atoms with van der Waals surface area (Å²) < 4.78 is 2.28. The van der Waals surface area contributed by atoms with E-state index < -0.39 is 0 Å². The van der Waals surface area contributed by atoms with Crippen LogP contribution in [0.4, 0.5) is 0 Å². The van der Waals surface area contributed by atoms with Gasteiger partial charge in [0.25, 0.3) is 0 Å². The van der Waals surface area contributed by atoms with Gasteiger partial charge in [-0.05, 0) is 31.5 Å². The van der Waals surface area contributed by atoms with Crippen molar-refractivity contribution in [3.8, 4) is 0 Å². The number of hydrogen-bond donors (Lipinski definition) is 0. The van der Waals surface area contributed by atoms with Crippen molar-refractivity contribution in [1.82, 2.24) is 9.55 Å². The van der Waals surface area contributed by atoms with E-state index in [1.807, 2.05) is 12.3 Å². The van der Waals surface area contributed by atoms with Crippen LogP contribution in [0.15, 0.2) is 30.6 Å². The highest BCUT2D eigenvalue weighted by molar-refractivity contribution is 5.75. The normalized spacial score (nSPS) is 13.4. The standard InChI is InChI=1S/C11H14N2/c1-3-9(2)13-8-6-10-11(13)5-4-7-12-10/h4-9H,3H2,1-2H3. The van der Waals surface area contributed by atoms with Gasteiger partial charge in [-0.25, -0.2) is 0 Å². The Morgan fingerprint density at radius 1 is 1.46 bits per heavy atom. The van der Waals surface area contributed by atoms with Gasteiger partial charge in [0.15, 0.2) is 0 Å². The molecule has 2 heteroatoms. The first-order valence-electron chi connectivity index (χ1n) is 4.74. The zero-order valence-corrected chi connectivity index (χ0v) is 8.07. The summed E-state index contributed by atoms with van der Waals surface area (Å²) in [7, 11) is 0. The lowest BCUT2D eigenvalue weighted by atomic mass is 10.2. The summed E-state index contributed by atoms with van der Waals surface area (Å²) in [6.45, 7) is 4.43. The van der Waals surface area contributed by atoms with Gasteiger partial charge in [-0.1, -0.05) is 6.92 Å². The summed E-state index contributed by atoms with van der Waals surface area (Å²) in [6, 6.07) is 6.73. The number of fused-ring (bicyclic) bond motifs is 1. The molecule has 2 heterocycles. The zero-order valence-electron chi connectivity index (χ0n) is 8.07. The van der Waals surface area contributed by atoms with E-state index in [0.29, 0.717) is 6.04 Å². The maximum absolute atomic E-state index is 4.30. The van der Waals surface area contributed by atoms with Crippen LogP contribution in [-0.4, -0.2) is 9.55 Å². The molecule has 0 spiro atoms. The molecule has 0 aliphatic rings. The highest BCUT2D eigenvalue weighted by Crippen LogP contribution is 2.19. The minimum atomic E-state index is 0.557. The lowest BCUT2D eigenvalue weighted by Crippen LogP contribution is -2.01. The molecule has 0 amide bonds. The van der Waals surface area contributed by atoms with Gasteiger partial charge in [0.2, 0.25) is 0 Å². The summed E-state index contributed by atoms with van der Waals surface area (Å²) in [4.78, 5) is 4.30. The molecule has 0 bridgehead atoms. The average Bonchev–Trinajstić information content (AvgIpc) is 2.60. The summed E-state index contributed by atoms with van der Waals surface area (Å²) in [6.07, 6.45) is 5.10. The third-order valence-corrected chi connectivity index (χ3v) is 2.55. The highest BCUT2D eigenvalue weighted by Gasteiger charge is 2.05. The molecule has 1 atom stereocenters. The molecule has 2 rings (SSSR count). The van der Waals surface area contributed by atoms with Gasteiger partial charge in [0.1, 0.15) is 0 Å². The van der Waals surface area contributed by atoms with Gasteiger partial charge >= 0.3 is 0 Å².